The Balaban J connectivity index is 2.54. The molecule has 0 atom stereocenters. The standard InChI is InChI=1S/C12H21N3O2S/c1-3-5-7-15(8-6-4-2)11(16)9-10-13-14-12(18)17-10/h3-9H2,1-2H3,(H,14,18). The number of aromatic amines is 1. The SMILES string of the molecule is CCCCN(CCCC)C(=O)Cc1n[nH]c(=S)o1. The molecule has 1 heterocycles. The smallest absolute Gasteiger partial charge is 0.284 e. The lowest BCUT2D eigenvalue weighted by atomic mass is 10.2. The first-order valence-electron chi connectivity index (χ1n) is 6.49. The van der Waals surface area contributed by atoms with Crippen LogP contribution in [0.1, 0.15) is 45.4 Å². The van der Waals surface area contributed by atoms with Gasteiger partial charge in [-0.2, -0.15) is 0 Å². The van der Waals surface area contributed by atoms with Crippen LogP contribution in [0.3, 0.4) is 0 Å². The Kier molecular flexibility index (Phi) is 6.64. The summed E-state index contributed by atoms with van der Waals surface area (Å²) in [4.78, 5) is 14.2. The quantitative estimate of drug-likeness (QED) is 0.738. The van der Waals surface area contributed by atoms with E-state index in [1.165, 1.54) is 0 Å². The van der Waals surface area contributed by atoms with Crippen molar-refractivity contribution in [3.63, 3.8) is 0 Å². The van der Waals surface area contributed by atoms with Crippen molar-refractivity contribution in [2.45, 2.75) is 46.0 Å². The number of carbonyl (C=O) groups excluding carboxylic acids is 1. The molecule has 1 aromatic heterocycles. The molecular weight excluding hydrogens is 250 g/mol. The van der Waals surface area contributed by atoms with Gasteiger partial charge in [-0.05, 0) is 25.1 Å². The van der Waals surface area contributed by atoms with Gasteiger partial charge in [0.15, 0.2) is 0 Å². The van der Waals surface area contributed by atoms with E-state index in [4.69, 9.17) is 16.6 Å². The van der Waals surface area contributed by atoms with E-state index in [0.29, 0.717) is 5.89 Å². The lowest BCUT2D eigenvalue weighted by molar-refractivity contribution is -0.131. The Labute approximate surface area is 113 Å². The normalized spacial score (nSPS) is 10.6. The molecule has 0 saturated heterocycles. The monoisotopic (exact) mass is 271 g/mol. The molecule has 18 heavy (non-hydrogen) atoms. The maximum absolute atomic E-state index is 12.1. The average Bonchev–Trinajstić information content (AvgIpc) is 2.75. The van der Waals surface area contributed by atoms with Gasteiger partial charge in [-0.3, -0.25) is 4.79 Å². The van der Waals surface area contributed by atoms with Crippen molar-refractivity contribution in [2.75, 3.05) is 13.1 Å². The lowest BCUT2D eigenvalue weighted by Gasteiger charge is -2.21. The molecule has 0 aromatic carbocycles. The van der Waals surface area contributed by atoms with Crippen LogP contribution in [-0.4, -0.2) is 34.1 Å². The molecule has 5 nitrogen and oxygen atoms in total. The number of carbonyl (C=O) groups is 1. The summed E-state index contributed by atoms with van der Waals surface area (Å²) in [5.74, 6) is 0.421. The zero-order valence-electron chi connectivity index (χ0n) is 11.1. The van der Waals surface area contributed by atoms with Crippen molar-refractivity contribution in [1.29, 1.82) is 0 Å². The summed E-state index contributed by atoms with van der Waals surface area (Å²) in [6, 6.07) is 0. The van der Waals surface area contributed by atoms with E-state index in [0.717, 1.165) is 38.8 Å². The summed E-state index contributed by atoms with van der Waals surface area (Å²) in [5.41, 5.74) is 0. The van der Waals surface area contributed by atoms with Crippen molar-refractivity contribution in [2.24, 2.45) is 0 Å². The van der Waals surface area contributed by atoms with Crippen LogP contribution in [0.5, 0.6) is 0 Å². The number of hydrogen-bond donors (Lipinski definition) is 1. The molecule has 1 amide bonds. The van der Waals surface area contributed by atoms with Crippen molar-refractivity contribution < 1.29 is 9.21 Å². The van der Waals surface area contributed by atoms with Crippen molar-refractivity contribution >= 4 is 18.1 Å². The van der Waals surface area contributed by atoms with Crippen LogP contribution in [0.15, 0.2) is 4.42 Å². The van der Waals surface area contributed by atoms with Gasteiger partial charge in [0.25, 0.3) is 4.84 Å². The molecule has 0 bridgehead atoms. The second kappa shape index (κ2) is 8.02. The van der Waals surface area contributed by atoms with E-state index >= 15 is 0 Å². The number of hydrogen-bond acceptors (Lipinski definition) is 4. The highest BCUT2D eigenvalue weighted by Gasteiger charge is 2.15. The van der Waals surface area contributed by atoms with Crippen LogP contribution >= 0.6 is 12.2 Å². The predicted octanol–water partition coefficient (Wildman–Crippen LogP) is 2.70. The zero-order chi connectivity index (χ0) is 13.4. The third-order valence-corrected chi connectivity index (χ3v) is 2.88. The summed E-state index contributed by atoms with van der Waals surface area (Å²) < 4.78 is 5.11. The molecule has 102 valence electrons. The highest BCUT2D eigenvalue weighted by Crippen LogP contribution is 2.04. The second-order valence-electron chi connectivity index (χ2n) is 4.27. The van der Waals surface area contributed by atoms with Crippen LogP contribution in [0.2, 0.25) is 0 Å². The average molecular weight is 271 g/mol. The van der Waals surface area contributed by atoms with Crippen LogP contribution < -0.4 is 0 Å². The number of unbranched alkanes of at least 4 members (excludes halogenated alkanes) is 2. The minimum absolute atomic E-state index is 0.0575. The van der Waals surface area contributed by atoms with Crippen molar-refractivity contribution in [3.8, 4) is 0 Å². The van der Waals surface area contributed by atoms with E-state index in [9.17, 15) is 4.79 Å². The molecule has 0 saturated carbocycles. The van der Waals surface area contributed by atoms with Gasteiger partial charge in [0.05, 0.1) is 0 Å². The molecule has 0 fully saturated rings. The van der Waals surface area contributed by atoms with E-state index in [-0.39, 0.29) is 17.2 Å². The summed E-state index contributed by atoms with van der Waals surface area (Å²) in [5, 5.41) is 6.38. The molecule has 0 unspecified atom stereocenters. The van der Waals surface area contributed by atoms with Gasteiger partial charge >= 0.3 is 0 Å². The van der Waals surface area contributed by atoms with Crippen molar-refractivity contribution in [3.05, 3.63) is 10.7 Å². The number of nitrogens with zero attached hydrogens (tertiary/aromatic N) is 2. The fourth-order valence-corrected chi connectivity index (χ4v) is 1.78. The van der Waals surface area contributed by atoms with Gasteiger partial charge in [0.1, 0.15) is 6.42 Å². The zero-order valence-corrected chi connectivity index (χ0v) is 11.9. The summed E-state index contributed by atoms with van der Waals surface area (Å²) >= 11 is 4.78. The minimum atomic E-state index is 0.0575. The first kappa shape index (κ1) is 14.9. The van der Waals surface area contributed by atoms with Gasteiger partial charge < -0.3 is 9.32 Å². The molecule has 6 heteroatoms. The predicted molar refractivity (Wildman–Crippen MR) is 71.8 cm³/mol. The maximum Gasteiger partial charge on any atom is 0.284 e. The highest BCUT2D eigenvalue weighted by molar-refractivity contribution is 7.71. The number of rotatable bonds is 8. The molecule has 0 aliphatic carbocycles. The molecule has 1 aromatic rings. The van der Waals surface area contributed by atoms with Gasteiger partial charge in [-0.1, -0.05) is 26.7 Å². The van der Waals surface area contributed by atoms with Crippen LogP contribution in [-0.2, 0) is 11.2 Å². The molecule has 1 rings (SSSR count). The fraction of sp³-hybridized carbons (Fsp3) is 0.750. The number of aromatic nitrogens is 2. The maximum atomic E-state index is 12.1. The molecule has 0 spiro atoms. The highest BCUT2D eigenvalue weighted by atomic mass is 32.1. The van der Waals surface area contributed by atoms with Gasteiger partial charge in [-0.15, -0.1) is 5.10 Å². The van der Waals surface area contributed by atoms with Crippen molar-refractivity contribution in [1.82, 2.24) is 15.1 Å². The summed E-state index contributed by atoms with van der Waals surface area (Å²) in [6.45, 7) is 5.85. The first-order chi connectivity index (χ1) is 8.67. The van der Waals surface area contributed by atoms with E-state index in [1.54, 1.807) is 0 Å². The van der Waals surface area contributed by atoms with Gasteiger partial charge in [0.2, 0.25) is 11.8 Å². The Morgan fingerprint density at radius 2 is 1.94 bits per heavy atom. The van der Waals surface area contributed by atoms with Gasteiger partial charge in [0, 0.05) is 13.1 Å². The summed E-state index contributed by atoms with van der Waals surface area (Å²) in [7, 11) is 0. The minimum Gasteiger partial charge on any atom is -0.414 e. The van der Waals surface area contributed by atoms with E-state index in [2.05, 4.69) is 24.0 Å². The second-order valence-corrected chi connectivity index (χ2v) is 4.64. The lowest BCUT2D eigenvalue weighted by Crippen LogP contribution is -2.34. The van der Waals surface area contributed by atoms with Crippen LogP contribution in [0, 0.1) is 4.84 Å². The molecule has 0 radical (unpaired) electrons. The van der Waals surface area contributed by atoms with Crippen LogP contribution in [0.4, 0.5) is 0 Å². The first-order valence-corrected chi connectivity index (χ1v) is 6.90. The summed E-state index contributed by atoms with van der Waals surface area (Å²) in [6.07, 6.45) is 4.40. The Morgan fingerprint density at radius 3 is 2.39 bits per heavy atom. The Hall–Kier alpha value is -1.17. The van der Waals surface area contributed by atoms with E-state index < -0.39 is 0 Å². The third-order valence-electron chi connectivity index (χ3n) is 2.70. The molecule has 0 aliphatic rings. The Bertz CT molecular complexity index is 405. The molecule has 0 aliphatic heterocycles. The van der Waals surface area contributed by atoms with Crippen LogP contribution in [0.25, 0.3) is 0 Å². The molecular formula is C12H21N3O2S. The van der Waals surface area contributed by atoms with Gasteiger partial charge in [-0.25, -0.2) is 5.10 Å². The molecule has 1 N–H and O–H groups in total. The topological polar surface area (TPSA) is 62.1 Å². The largest absolute Gasteiger partial charge is 0.414 e. The number of amides is 1. The number of nitrogens with one attached hydrogen (secondary N) is 1. The third kappa shape index (κ3) is 5.00. The number of H-pyrrole nitrogens is 1. The van der Waals surface area contributed by atoms with E-state index in [1.807, 2.05) is 4.90 Å². The Morgan fingerprint density at radius 1 is 1.33 bits per heavy atom. The fourth-order valence-electron chi connectivity index (χ4n) is 1.64.